The molecule has 1 saturated heterocycles. The Morgan fingerprint density at radius 3 is 2.35 bits per heavy atom. The molecule has 1 fully saturated rings. The lowest BCUT2D eigenvalue weighted by atomic mass is 9.95. The second-order valence-corrected chi connectivity index (χ2v) is 9.70. The van der Waals surface area contributed by atoms with Crippen LogP contribution in [0.1, 0.15) is 33.6 Å². The van der Waals surface area contributed by atoms with E-state index in [-0.39, 0.29) is 11.9 Å². The Labute approximate surface area is 204 Å². The highest BCUT2D eigenvalue weighted by Gasteiger charge is 2.27. The molecule has 0 atom stereocenters. The van der Waals surface area contributed by atoms with Crippen molar-refractivity contribution < 1.29 is 23.8 Å². The highest BCUT2D eigenvalue weighted by Crippen LogP contribution is 2.38. The minimum atomic E-state index is -0.361. The van der Waals surface area contributed by atoms with E-state index in [0.29, 0.717) is 23.7 Å². The maximum Gasteiger partial charge on any atom is 0.341 e. The molecule has 2 heterocycles. The fourth-order valence-corrected chi connectivity index (χ4v) is 5.77. The summed E-state index contributed by atoms with van der Waals surface area (Å²) in [6.45, 7) is 5.20. The van der Waals surface area contributed by atoms with E-state index in [0.717, 1.165) is 75.5 Å². The number of anilines is 1. The summed E-state index contributed by atoms with van der Waals surface area (Å²) in [5.41, 5.74) is 1.61. The van der Waals surface area contributed by atoms with Gasteiger partial charge in [-0.1, -0.05) is 0 Å². The number of nitrogens with one attached hydrogen (secondary N) is 1. The third kappa shape index (κ3) is 6.08. The summed E-state index contributed by atoms with van der Waals surface area (Å²) in [5, 5.41) is 3.63. The van der Waals surface area contributed by atoms with Gasteiger partial charge in [0.05, 0.1) is 26.3 Å². The molecule has 9 heteroatoms. The van der Waals surface area contributed by atoms with E-state index in [1.54, 1.807) is 7.11 Å². The lowest BCUT2D eigenvalue weighted by molar-refractivity contribution is -0.117. The number of nitrogens with zero attached hydrogens (tertiary/aromatic N) is 2. The predicted octanol–water partition coefficient (Wildman–Crippen LogP) is 3.06. The molecule has 0 unspecified atom stereocenters. The number of fused-ring (bicyclic) bond motifs is 1. The lowest BCUT2D eigenvalue weighted by Gasteiger charge is -2.34. The van der Waals surface area contributed by atoms with Gasteiger partial charge in [-0.25, -0.2) is 4.79 Å². The van der Waals surface area contributed by atoms with Crippen LogP contribution in [-0.2, 0) is 22.4 Å². The van der Waals surface area contributed by atoms with E-state index in [4.69, 9.17) is 14.2 Å². The zero-order valence-corrected chi connectivity index (χ0v) is 20.7. The highest BCUT2D eigenvalue weighted by molar-refractivity contribution is 7.17. The molecule has 1 amide bonds. The van der Waals surface area contributed by atoms with Crippen LogP contribution in [0, 0.1) is 0 Å². The van der Waals surface area contributed by atoms with Crippen molar-refractivity contribution in [1.29, 1.82) is 0 Å². The van der Waals surface area contributed by atoms with Gasteiger partial charge in [-0.2, -0.15) is 0 Å². The molecular weight excluding hydrogens is 454 g/mol. The Bertz CT molecular complexity index is 983. The molecule has 2 aliphatic rings. The van der Waals surface area contributed by atoms with Gasteiger partial charge in [0.2, 0.25) is 5.91 Å². The highest BCUT2D eigenvalue weighted by atomic mass is 32.1. The molecule has 34 heavy (non-hydrogen) atoms. The standard InChI is InChI=1S/C25H33N3O5S/c1-31-18-7-9-19(10-8-18)33-16-15-27-11-13-28(14-12-27)17-22(29)26-24-23(25(30)32-2)20-5-3-4-6-21(20)34-24/h7-10H,3-6,11-17H2,1-2H3,(H,26,29). The van der Waals surface area contributed by atoms with Crippen molar-refractivity contribution in [1.82, 2.24) is 9.80 Å². The second-order valence-electron chi connectivity index (χ2n) is 8.60. The minimum absolute atomic E-state index is 0.0833. The summed E-state index contributed by atoms with van der Waals surface area (Å²) in [4.78, 5) is 30.9. The number of methoxy groups -OCH3 is 2. The molecule has 2 aromatic rings. The number of ether oxygens (including phenoxy) is 3. The first-order valence-electron chi connectivity index (χ1n) is 11.8. The minimum Gasteiger partial charge on any atom is -0.497 e. The van der Waals surface area contributed by atoms with Gasteiger partial charge in [0.15, 0.2) is 0 Å². The van der Waals surface area contributed by atoms with Gasteiger partial charge in [0, 0.05) is 37.6 Å². The Hall–Kier alpha value is -2.62. The first-order valence-corrected chi connectivity index (χ1v) is 12.6. The molecule has 1 aliphatic heterocycles. The molecule has 1 N–H and O–H groups in total. The average Bonchev–Trinajstić information content (AvgIpc) is 3.22. The Balaban J connectivity index is 1.22. The molecule has 0 spiro atoms. The number of hydrogen-bond donors (Lipinski definition) is 1. The van der Waals surface area contributed by atoms with E-state index in [2.05, 4.69) is 15.1 Å². The predicted molar refractivity (Wildman–Crippen MR) is 132 cm³/mol. The van der Waals surface area contributed by atoms with Crippen molar-refractivity contribution in [2.75, 3.05) is 65.4 Å². The van der Waals surface area contributed by atoms with Crippen LogP contribution >= 0.6 is 11.3 Å². The van der Waals surface area contributed by atoms with Gasteiger partial charge < -0.3 is 19.5 Å². The quantitative estimate of drug-likeness (QED) is 0.545. The van der Waals surface area contributed by atoms with Crippen LogP contribution in [-0.4, -0.2) is 81.8 Å². The first-order chi connectivity index (χ1) is 16.6. The van der Waals surface area contributed by atoms with Crippen LogP contribution in [0.2, 0.25) is 0 Å². The summed E-state index contributed by atoms with van der Waals surface area (Å²) >= 11 is 1.53. The number of carbonyl (C=O) groups excluding carboxylic acids is 2. The third-order valence-electron chi connectivity index (χ3n) is 6.38. The van der Waals surface area contributed by atoms with Crippen LogP contribution in [0.4, 0.5) is 5.00 Å². The lowest BCUT2D eigenvalue weighted by Crippen LogP contribution is -2.49. The largest absolute Gasteiger partial charge is 0.497 e. The molecule has 0 bridgehead atoms. The monoisotopic (exact) mass is 487 g/mol. The fraction of sp³-hybridized carbons (Fsp3) is 0.520. The summed E-state index contributed by atoms with van der Waals surface area (Å²) in [6, 6.07) is 7.59. The molecule has 0 radical (unpaired) electrons. The van der Waals surface area contributed by atoms with Crippen molar-refractivity contribution >= 4 is 28.2 Å². The number of piperazine rings is 1. The number of benzene rings is 1. The molecule has 1 aliphatic carbocycles. The van der Waals surface area contributed by atoms with Gasteiger partial charge >= 0.3 is 5.97 Å². The van der Waals surface area contributed by atoms with Crippen molar-refractivity contribution in [3.63, 3.8) is 0 Å². The molecule has 1 aromatic heterocycles. The number of rotatable bonds is 9. The molecule has 0 saturated carbocycles. The first kappa shape index (κ1) is 24.5. The van der Waals surface area contributed by atoms with Gasteiger partial charge in [0.25, 0.3) is 0 Å². The van der Waals surface area contributed by atoms with Gasteiger partial charge in [-0.05, 0) is 55.5 Å². The molecule has 1 aromatic carbocycles. The van der Waals surface area contributed by atoms with Crippen molar-refractivity contribution in [3.05, 3.63) is 40.3 Å². The van der Waals surface area contributed by atoms with Crippen LogP contribution in [0.15, 0.2) is 24.3 Å². The van der Waals surface area contributed by atoms with E-state index in [1.165, 1.54) is 23.3 Å². The van der Waals surface area contributed by atoms with E-state index in [1.807, 2.05) is 24.3 Å². The summed E-state index contributed by atoms with van der Waals surface area (Å²) in [5.74, 6) is 1.20. The van der Waals surface area contributed by atoms with Crippen LogP contribution in [0.3, 0.4) is 0 Å². The smallest absolute Gasteiger partial charge is 0.341 e. The van der Waals surface area contributed by atoms with Gasteiger partial charge in [-0.15, -0.1) is 11.3 Å². The molecule has 184 valence electrons. The summed E-state index contributed by atoms with van der Waals surface area (Å²) in [7, 11) is 3.04. The molecular formula is C25H33N3O5S. The third-order valence-corrected chi connectivity index (χ3v) is 7.59. The normalized spacial score (nSPS) is 16.5. The van der Waals surface area contributed by atoms with Gasteiger partial charge in [0.1, 0.15) is 23.1 Å². The van der Waals surface area contributed by atoms with Crippen LogP contribution < -0.4 is 14.8 Å². The van der Waals surface area contributed by atoms with E-state index < -0.39 is 0 Å². The average molecular weight is 488 g/mol. The van der Waals surface area contributed by atoms with Crippen molar-refractivity contribution in [2.24, 2.45) is 0 Å². The number of hydrogen-bond acceptors (Lipinski definition) is 8. The number of amides is 1. The number of esters is 1. The Morgan fingerprint density at radius 2 is 1.65 bits per heavy atom. The SMILES string of the molecule is COC(=O)c1c(NC(=O)CN2CCN(CCOc3ccc(OC)cc3)CC2)sc2c1CCCC2. The maximum atomic E-state index is 12.8. The number of thiophene rings is 1. The van der Waals surface area contributed by atoms with Crippen LogP contribution in [0.5, 0.6) is 11.5 Å². The van der Waals surface area contributed by atoms with Gasteiger partial charge in [-0.3, -0.25) is 14.6 Å². The number of carbonyl (C=O) groups is 2. The number of aryl methyl sites for hydroxylation is 1. The fourth-order valence-electron chi connectivity index (χ4n) is 4.48. The van der Waals surface area contributed by atoms with E-state index >= 15 is 0 Å². The zero-order valence-electron chi connectivity index (χ0n) is 19.9. The van der Waals surface area contributed by atoms with Crippen molar-refractivity contribution in [3.8, 4) is 11.5 Å². The summed E-state index contributed by atoms with van der Waals surface area (Å²) in [6.07, 6.45) is 4.02. The van der Waals surface area contributed by atoms with E-state index in [9.17, 15) is 9.59 Å². The maximum absolute atomic E-state index is 12.8. The second kappa shape index (κ2) is 11.7. The zero-order chi connectivity index (χ0) is 23.9. The van der Waals surface area contributed by atoms with Crippen molar-refractivity contribution in [2.45, 2.75) is 25.7 Å². The van der Waals surface area contributed by atoms with Crippen LogP contribution in [0.25, 0.3) is 0 Å². The summed E-state index contributed by atoms with van der Waals surface area (Å²) < 4.78 is 16.0. The molecule has 8 nitrogen and oxygen atoms in total. The Kier molecular flexibility index (Phi) is 8.42. The molecule has 4 rings (SSSR count). The Morgan fingerprint density at radius 1 is 0.971 bits per heavy atom. The topological polar surface area (TPSA) is 80.3 Å².